The Morgan fingerprint density at radius 3 is 2.62 bits per heavy atom. The monoisotopic (exact) mass is 375 g/mol. The molecule has 0 amide bonds. The first-order chi connectivity index (χ1) is 12.7. The van der Waals surface area contributed by atoms with Crippen molar-refractivity contribution in [3.05, 3.63) is 64.7 Å². The third-order valence-corrected chi connectivity index (χ3v) is 3.97. The van der Waals surface area contributed by atoms with Crippen LogP contribution in [0.2, 0.25) is 5.02 Å². The summed E-state index contributed by atoms with van der Waals surface area (Å²) in [6.45, 7) is 2.56. The van der Waals surface area contributed by atoms with Gasteiger partial charge in [-0.2, -0.15) is 0 Å². The van der Waals surface area contributed by atoms with Crippen molar-refractivity contribution in [3.8, 4) is 5.75 Å². The number of hydrogen-bond acceptors (Lipinski definition) is 3. The van der Waals surface area contributed by atoms with Gasteiger partial charge in [-0.05, 0) is 41.8 Å². The van der Waals surface area contributed by atoms with Crippen molar-refractivity contribution in [2.24, 2.45) is 4.99 Å². The standard InChI is InChI=1S/C20H26ClN3O2/c1-22-20(23-10-9-16-5-3-7-18(21)13-16)24-15-17-6-4-8-19(14-17)26-12-11-25-2/h3-8,13-14H,9-12,15H2,1-2H3,(H2,22,23,24). The summed E-state index contributed by atoms with van der Waals surface area (Å²) in [5, 5.41) is 7.38. The van der Waals surface area contributed by atoms with Crippen molar-refractivity contribution in [2.45, 2.75) is 13.0 Å². The van der Waals surface area contributed by atoms with Gasteiger partial charge in [0, 0.05) is 32.3 Å². The molecular formula is C20H26ClN3O2. The molecule has 0 heterocycles. The van der Waals surface area contributed by atoms with E-state index in [9.17, 15) is 0 Å². The Morgan fingerprint density at radius 2 is 1.85 bits per heavy atom. The SMILES string of the molecule is CN=C(NCCc1cccc(Cl)c1)NCc1cccc(OCCOC)c1. The molecule has 140 valence electrons. The Kier molecular flexibility index (Phi) is 8.79. The average molecular weight is 376 g/mol. The van der Waals surface area contributed by atoms with Crippen LogP contribution in [0.4, 0.5) is 0 Å². The van der Waals surface area contributed by atoms with Gasteiger partial charge in [-0.3, -0.25) is 4.99 Å². The van der Waals surface area contributed by atoms with E-state index in [4.69, 9.17) is 21.1 Å². The van der Waals surface area contributed by atoms with Crippen molar-refractivity contribution >= 4 is 17.6 Å². The number of rotatable bonds is 9. The van der Waals surface area contributed by atoms with E-state index in [0.29, 0.717) is 19.8 Å². The molecule has 0 unspecified atom stereocenters. The van der Waals surface area contributed by atoms with Crippen LogP contribution in [0.5, 0.6) is 5.75 Å². The fourth-order valence-electron chi connectivity index (χ4n) is 2.41. The van der Waals surface area contributed by atoms with E-state index in [1.165, 1.54) is 5.56 Å². The summed E-state index contributed by atoms with van der Waals surface area (Å²) in [5.74, 6) is 1.60. The Balaban J connectivity index is 1.76. The van der Waals surface area contributed by atoms with E-state index < -0.39 is 0 Å². The molecule has 0 fully saturated rings. The number of guanidine groups is 1. The lowest BCUT2D eigenvalue weighted by Crippen LogP contribution is -2.37. The molecule has 2 aromatic rings. The molecule has 5 nitrogen and oxygen atoms in total. The zero-order chi connectivity index (χ0) is 18.6. The number of nitrogens with zero attached hydrogens (tertiary/aromatic N) is 1. The lowest BCUT2D eigenvalue weighted by atomic mass is 10.1. The van der Waals surface area contributed by atoms with Gasteiger partial charge in [0.2, 0.25) is 0 Å². The summed E-state index contributed by atoms with van der Waals surface area (Å²) >= 11 is 6.01. The van der Waals surface area contributed by atoms with Gasteiger partial charge in [0.25, 0.3) is 0 Å². The van der Waals surface area contributed by atoms with Crippen LogP contribution < -0.4 is 15.4 Å². The molecule has 2 N–H and O–H groups in total. The van der Waals surface area contributed by atoms with Crippen LogP contribution in [0.1, 0.15) is 11.1 Å². The first-order valence-electron chi connectivity index (χ1n) is 8.61. The van der Waals surface area contributed by atoms with Crippen LogP contribution in [0, 0.1) is 0 Å². The smallest absolute Gasteiger partial charge is 0.191 e. The lowest BCUT2D eigenvalue weighted by molar-refractivity contribution is 0.146. The Bertz CT molecular complexity index is 707. The normalized spacial score (nSPS) is 11.3. The van der Waals surface area contributed by atoms with Gasteiger partial charge in [-0.15, -0.1) is 0 Å². The second-order valence-corrected chi connectivity index (χ2v) is 6.16. The maximum atomic E-state index is 6.01. The van der Waals surface area contributed by atoms with Gasteiger partial charge in [-0.1, -0.05) is 35.9 Å². The molecule has 6 heteroatoms. The third kappa shape index (κ3) is 7.33. The summed E-state index contributed by atoms with van der Waals surface area (Å²) < 4.78 is 10.6. The lowest BCUT2D eigenvalue weighted by Gasteiger charge is -2.13. The van der Waals surface area contributed by atoms with Crippen molar-refractivity contribution in [3.63, 3.8) is 0 Å². The first kappa shape index (κ1) is 20.1. The predicted molar refractivity (Wildman–Crippen MR) is 107 cm³/mol. The van der Waals surface area contributed by atoms with Gasteiger partial charge in [-0.25, -0.2) is 0 Å². The van der Waals surface area contributed by atoms with E-state index in [-0.39, 0.29) is 0 Å². The minimum absolute atomic E-state index is 0.542. The summed E-state index contributed by atoms with van der Waals surface area (Å²) in [6.07, 6.45) is 0.879. The highest BCUT2D eigenvalue weighted by molar-refractivity contribution is 6.30. The van der Waals surface area contributed by atoms with Gasteiger partial charge in [0.05, 0.1) is 6.61 Å². The van der Waals surface area contributed by atoms with Crippen LogP contribution in [-0.4, -0.2) is 39.9 Å². The summed E-state index contributed by atoms with van der Waals surface area (Å²) in [7, 11) is 3.42. The number of aliphatic imine (C=N–C) groups is 1. The topological polar surface area (TPSA) is 54.9 Å². The van der Waals surface area contributed by atoms with Crippen LogP contribution in [0.25, 0.3) is 0 Å². The van der Waals surface area contributed by atoms with Crippen molar-refractivity contribution in [1.29, 1.82) is 0 Å². The van der Waals surface area contributed by atoms with Crippen molar-refractivity contribution < 1.29 is 9.47 Å². The van der Waals surface area contributed by atoms with Gasteiger partial charge < -0.3 is 20.1 Å². The Hall–Kier alpha value is -2.24. The second-order valence-electron chi connectivity index (χ2n) is 5.72. The van der Waals surface area contributed by atoms with Crippen LogP contribution in [-0.2, 0) is 17.7 Å². The summed E-state index contributed by atoms with van der Waals surface area (Å²) in [5.41, 5.74) is 2.32. The maximum Gasteiger partial charge on any atom is 0.191 e. The highest BCUT2D eigenvalue weighted by atomic mass is 35.5. The molecule has 0 saturated heterocycles. The molecule has 26 heavy (non-hydrogen) atoms. The first-order valence-corrected chi connectivity index (χ1v) is 8.98. The van der Waals surface area contributed by atoms with Crippen LogP contribution in [0.15, 0.2) is 53.5 Å². The highest BCUT2D eigenvalue weighted by Crippen LogP contribution is 2.13. The molecule has 0 bridgehead atoms. The minimum atomic E-state index is 0.542. The summed E-state index contributed by atoms with van der Waals surface area (Å²) in [6, 6.07) is 15.9. The molecule has 0 spiro atoms. The van der Waals surface area contributed by atoms with Gasteiger partial charge >= 0.3 is 0 Å². The number of halogens is 1. The highest BCUT2D eigenvalue weighted by Gasteiger charge is 2.01. The molecule has 0 aliphatic carbocycles. The summed E-state index contributed by atoms with van der Waals surface area (Å²) in [4.78, 5) is 4.26. The van der Waals surface area contributed by atoms with Gasteiger partial charge in [0.15, 0.2) is 5.96 Å². The van der Waals surface area contributed by atoms with E-state index >= 15 is 0 Å². The number of methoxy groups -OCH3 is 1. The van der Waals surface area contributed by atoms with E-state index in [2.05, 4.69) is 27.8 Å². The molecule has 0 aliphatic rings. The molecule has 0 aliphatic heterocycles. The number of benzene rings is 2. The zero-order valence-electron chi connectivity index (χ0n) is 15.3. The molecule has 0 aromatic heterocycles. The second kappa shape index (κ2) is 11.4. The van der Waals surface area contributed by atoms with E-state index in [0.717, 1.165) is 35.3 Å². The molecule has 0 atom stereocenters. The predicted octanol–water partition coefficient (Wildman–Crippen LogP) is 3.27. The molecule has 2 aromatic carbocycles. The zero-order valence-corrected chi connectivity index (χ0v) is 16.1. The Labute approximate surface area is 160 Å². The molecule has 2 rings (SSSR count). The van der Waals surface area contributed by atoms with Gasteiger partial charge in [0.1, 0.15) is 12.4 Å². The van der Waals surface area contributed by atoms with Crippen molar-refractivity contribution in [2.75, 3.05) is 33.9 Å². The third-order valence-electron chi connectivity index (χ3n) is 3.73. The number of nitrogens with one attached hydrogen (secondary N) is 2. The van der Waals surface area contributed by atoms with E-state index in [1.807, 2.05) is 36.4 Å². The number of hydrogen-bond donors (Lipinski definition) is 2. The quantitative estimate of drug-likeness (QED) is 0.401. The molecular weight excluding hydrogens is 350 g/mol. The van der Waals surface area contributed by atoms with Crippen LogP contribution >= 0.6 is 11.6 Å². The fraction of sp³-hybridized carbons (Fsp3) is 0.350. The van der Waals surface area contributed by atoms with Crippen LogP contribution in [0.3, 0.4) is 0 Å². The minimum Gasteiger partial charge on any atom is -0.491 e. The van der Waals surface area contributed by atoms with E-state index in [1.54, 1.807) is 14.2 Å². The maximum absolute atomic E-state index is 6.01. The molecule has 0 radical (unpaired) electrons. The largest absolute Gasteiger partial charge is 0.491 e. The van der Waals surface area contributed by atoms with Crippen molar-refractivity contribution in [1.82, 2.24) is 10.6 Å². The average Bonchev–Trinajstić information content (AvgIpc) is 2.65. The fourth-order valence-corrected chi connectivity index (χ4v) is 2.63. The Morgan fingerprint density at radius 1 is 1.04 bits per heavy atom. The molecule has 0 saturated carbocycles. The number of ether oxygens (including phenoxy) is 2.